The first-order chi connectivity index (χ1) is 15.7. The summed E-state index contributed by atoms with van der Waals surface area (Å²) in [5.41, 5.74) is 4.33. The Bertz CT molecular complexity index is 913. The smallest absolute Gasteiger partial charge is 0.407 e. The number of pyridine rings is 1. The predicted octanol–water partition coefficient (Wildman–Crippen LogP) is 5.88. The Morgan fingerprint density at radius 3 is 2.42 bits per heavy atom. The normalized spacial score (nSPS) is 18.7. The van der Waals surface area contributed by atoms with Gasteiger partial charge in [-0.3, -0.25) is 4.98 Å². The molecule has 1 aliphatic rings. The van der Waals surface area contributed by atoms with Crippen molar-refractivity contribution in [2.45, 2.75) is 78.9 Å². The number of amides is 1. The molecule has 0 radical (unpaired) electrons. The van der Waals surface area contributed by atoms with Crippen LogP contribution in [0.25, 0.3) is 11.1 Å². The highest BCUT2D eigenvalue weighted by Gasteiger charge is 2.31. The first kappa shape index (κ1) is 25.0. The average molecular weight is 454 g/mol. The summed E-state index contributed by atoms with van der Waals surface area (Å²) in [6, 6.07) is 10.9. The lowest BCUT2D eigenvalue weighted by Crippen LogP contribution is -2.47. The number of nitrogens with one attached hydrogen (secondary N) is 1. The van der Waals surface area contributed by atoms with Crippen LogP contribution in [-0.2, 0) is 6.54 Å². The van der Waals surface area contributed by atoms with Gasteiger partial charge in [0.15, 0.2) is 0 Å². The number of hydrogen-bond donors (Lipinski definition) is 2. The molecule has 1 heterocycles. The van der Waals surface area contributed by atoms with Gasteiger partial charge in [-0.2, -0.15) is 0 Å². The standard InChI is InChI=1S/C27H39N3O3/c1-6-33-25-14-9-20(21-8-7-19(2)28-16-21)15-22(25)17-29-23-10-12-24(13-11-23)30(26(31)32)18-27(3,4)5/h7-9,14-16,23-24,29H,6,10-13,17-18H2,1-5H3,(H,31,32). The van der Waals surface area contributed by atoms with Crippen LogP contribution in [0.3, 0.4) is 0 Å². The summed E-state index contributed by atoms with van der Waals surface area (Å²) in [4.78, 5) is 17.9. The van der Waals surface area contributed by atoms with E-state index in [0.717, 1.165) is 60.4 Å². The van der Waals surface area contributed by atoms with E-state index in [2.05, 4.69) is 49.3 Å². The van der Waals surface area contributed by atoms with E-state index in [0.29, 0.717) is 19.2 Å². The molecule has 33 heavy (non-hydrogen) atoms. The van der Waals surface area contributed by atoms with Gasteiger partial charge in [-0.25, -0.2) is 4.79 Å². The zero-order chi connectivity index (χ0) is 24.0. The topological polar surface area (TPSA) is 74.7 Å². The molecule has 1 aromatic heterocycles. The second-order valence-electron chi connectivity index (χ2n) is 10.3. The van der Waals surface area contributed by atoms with Crippen molar-refractivity contribution >= 4 is 6.09 Å². The molecule has 6 nitrogen and oxygen atoms in total. The number of nitrogens with zero attached hydrogens (tertiary/aromatic N) is 2. The van der Waals surface area contributed by atoms with Crippen LogP contribution in [-0.4, -0.2) is 46.3 Å². The van der Waals surface area contributed by atoms with Crippen LogP contribution in [0.5, 0.6) is 5.75 Å². The molecule has 2 N–H and O–H groups in total. The maximum absolute atomic E-state index is 11.8. The highest BCUT2D eigenvalue weighted by atomic mass is 16.5. The van der Waals surface area contributed by atoms with Crippen molar-refractivity contribution in [1.82, 2.24) is 15.2 Å². The van der Waals surface area contributed by atoms with Crippen molar-refractivity contribution in [1.29, 1.82) is 0 Å². The number of carboxylic acid groups (broad SMARTS) is 1. The van der Waals surface area contributed by atoms with Gasteiger partial charge in [0.2, 0.25) is 0 Å². The Labute approximate surface area is 198 Å². The van der Waals surface area contributed by atoms with Gasteiger partial charge in [-0.05, 0) is 68.7 Å². The van der Waals surface area contributed by atoms with E-state index in [1.54, 1.807) is 4.90 Å². The molecule has 1 aromatic carbocycles. The Balaban J connectivity index is 1.63. The van der Waals surface area contributed by atoms with Crippen LogP contribution in [0, 0.1) is 12.3 Å². The van der Waals surface area contributed by atoms with Crippen LogP contribution in [0.15, 0.2) is 36.5 Å². The summed E-state index contributed by atoms with van der Waals surface area (Å²) in [7, 11) is 0. The van der Waals surface area contributed by atoms with Gasteiger partial charge in [-0.15, -0.1) is 0 Å². The van der Waals surface area contributed by atoms with Crippen LogP contribution in [0.1, 0.15) is 64.6 Å². The van der Waals surface area contributed by atoms with E-state index in [1.165, 1.54) is 0 Å². The lowest BCUT2D eigenvalue weighted by atomic mass is 9.88. The number of rotatable bonds is 8. The molecule has 0 spiro atoms. The molecule has 1 fully saturated rings. The molecular weight excluding hydrogens is 414 g/mol. The number of aryl methyl sites for hydroxylation is 1. The van der Waals surface area contributed by atoms with Crippen molar-refractivity contribution < 1.29 is 14.6 Å². The Kier molecular flexibility index (Phi) is 8.35. The minimum Gasteiger partial charge on any atom is -0.494 e. The molecule has 0 unspecified atom stereocenters. The van der Waals surface area contributed by atoms with Crippen molar-refractivity contribution in [2.75, 3.05) is 13.2 Å². The molecular formula is C27H39N3O3. The predicted molar refractivity (Wildman–Crippen MR) is 133 cm³/mol. The van der Waals surface area contributed by atoms with E-state index in [9.17, 15) is 9.90 Å². The van der Waals surface area contributed by atoms with Crippen molar-refractivity contribution in [3.63, 3.8) is 0 Å². The molecule has 1 aliphatic carbocycles. The monoisotopic (exact) mass is 453 g/mol. The van der Waals surface area contributed by atoms with E-state index in [1.807, 2.05) is 32.2 Å². The van der Waals surface area contributed by atoms with Crippen molar-refractivity contribution in [3.05, 3.63) is 47.8 Å². The lowest BCUT2D eigenvalue weighted by molar-refractivity contribution is 0.0847. The second-order valence-corrected chi connectivity index (χ2v) is 10.3. The highest BCUT2D eigenvalue weighted by Crippen LogP contribution is 2.29. The number of benzene rings is 1. The van der Waals surface area contributed by atoms with Crippen LogP contribution in [0.4, 0.5) is 4.79 Å². The largest absolute Gasteiger partial charge is 0.494 e. The SMILES string of the molecule is CCOc1ccc(-c2ccc(C)nc2)cc1CNC1CCC(N(CC(C)(C)C)C(=O)O)CC1. The number of hydrogen-bond acceptors (Lipinski definition) is 4. The number of carbonyl (C=O) groups is 1. The van der Waals surface area contributed by atoms with Gasteiger partial charge in [0.05, 0.1) is 6.61 Å². The number of aromatic nitrogens is 1. The fourth-order valence-corrected chi connectivity index (χ4v) is 4.54. The van der Waals surface area contributed by atoms with Crippen LogP contribution < -0.4 is 10.1 Å². The molecule has 2 aromatic rings. The summed E-state index contributed by atoms with van der Waals surface area (Å²) in [6.45, 7) is 12.2. The van der Waals surface area contributed by atoms with Crippen molar-refractivity contribution in [2.24, 2.45) is 5.41 Å². The maximum atomic E-state index is 11.8. The highest BCUT2D eigenvalue weighted by molar-refractivity contribution is 5.66. The molecule has 0 bridgehead atoms. The summed E-state index contributed by atoms with van der Waals surface area (Å²) in [5.74, 6) is 0.907. The van der Waals surface area contributed by atoms with E-state index >= 15 is 0 Å². The molecule has 3 rings (SSSR count). The molecule has 0 aliphatic heterocycles. The van der Waals surface area contributed by atoms with E-state index in [4.69, 9.17) is 4.74 Å². The van der Waals surface area contributed by atoms with Gasteiger partial charge in [-0.1, -0.05) is 32.9 Å². The molecule has 1 saturated carbocycles. The maximum Gasteiger partial charge on any atom is 0.407 e. The third-order valence-electron chi connectivity index (χ3n) is 6.21. The van der Waals surface area contributed by atoms with Gasteiger partial charge in [0, 0.05) is 48.2 Å². The second kappa shape index (κ2) is 11.0. The summed E-state index contributed by atoms with van der Waals surface area (Å²) >= 11 is 0. The Morgan fingerprint density at radius 2 is 1.85 bits per heavy atom. The fourth-order valence-electron chi connectivity index (χ4n) is 4.54. The first-order valence-corrected chi connectivity index (χ1v) is 12.1. The Morgan fingerprint density at radius 1 is 1.15 bits per heavy atom. The van der Waals surface area contributed by atoms with Gasteiger partial charge in [0.25, 0.3) is 0 Å². The van der Waals surface area contributed by atoms with Gasteiger partial charge in [0.1, 0.15) is 5.75 Å². The van der Waals surface area contributed by atoms with Crippen LogP contribution >= 0.6 is 0 Å². The third kappa shape index (κ3) is 7.19. The van der Waals surface area contributed by atoms with Gasteiger partial charge >= 0.3 is 6.09 Å². The van der Waals surface area contributed by atoms with Gasteiger partial charge < -0.3 is 20.1 Å². The quantitative estimate of drug-likeness (QED) is 0.522. The molecule has 180 valence electrons. The third-order valence-corrected chi connectivity index (χ3v) is 6.21. The summed E-state index contributed by atoms with van der Waals surface area (Å²) < 4.78 is 5.88. The molecule has 6 heteroatoms. The average Bonchev–Trinajstić information content (AvgIpc) is 2.77. The van der Waals surface area contributed by atoms with E-state index < -0.39 is 6.09 Å². The van der Waals surface area contributed by atoms with Crippen LogP contribution in [0.2, 0.25) is 0 Å². The zero-order valence-corrected chi connectivity index (χ0v) is 20.7. The Hall–Kier alpha value is -2.60. The first-order valence-electron chi connectivity index (χ1n) is 12.1. The zero-order valence-electron chi connectivity index (χ0n) is 20.7. The minimum absolute atomic E-state index is 0.0405. The minimum atomic E-state index is -0.801. The molecule has 1 amide bonds. The lowest BCUT2D eigenvalue weighted by Gasteiger charge is -2.38. The van der Waals surface area contributed by atoms with Crippen molar-refractivity contribution in [3.8, 4) is 16.9 Å². The van der Waals surface area contributed by atoms with E-state index in [-0.39, 0.29) is 11.5 Å². The summed E-state index contributed by atoms with van der Waals surface area (Å²) in [6.07, 6.45) is 4.86. The number of ether oxygens (including phenoxy) is 1. The molecule has 0 atom stereocenters. The summed E-state index contributed by atoms with van der Waals surface area (Å²) in [5, 5.41) is 13.4. The fraction of sp³-hybridized carbons (Fsp3) is 0.556. The molecule has 0 saturated heterocycles.